The molecule has 21 heavy (non-hydrogen) atoms. The summed E-state index contributed by atoms with van der Waals surface area (Å²) in [6, 6.07) is 3.16. The Kier molecular flexibility index (Phi) is 4.27. The van der Waals surface area contributed by atoms with Crippen LogP contribution in [-0.2, 0) is 14.3 Å². The van der Waals surface area contributed by atoms with Crippen LogP contribution in [0, 0.1) is 12.7 Å². The smallest absolute Gasteiger partial charge is 0.335 e. The number of hydrogen-bond acceptors (Lipinski definition) is 3. The van der Waals surface area contributed by atoms with Gasteiger partial charge < -0.3 is 14.7 Å². The largest absolute Gasteiger partial charge is 0.479 e. The normalized spacial score (nSPS) is 22.7. The Hall–Kier alpha value is -1.95. The topological polar surface area (TPSA) is 66.8 Å². The maximum Gasteiger partial charge on any atom is 0.335 e. The number of hydrogen-bond donors (Lipinski definition) is 1. The summed E-state index contributed by atoms with van der Waals surface area (Å²) < 4.78 is 18.5. The molecule has 1 aromatic carbocycles. The number of rotatable bonds is 3. The quantitative estimate of drug-likeness (QED) is 0.925. The van der Waals surface area contributed by atoms with Crippen LogP contribution < -0.4 is 0 Å². The predicted octanol–water partition coefficient (Wildman–Crippen LogP) is 1.90. The van der Waals surface area contributed by atoms with Crippen molar-refractivity contribution < 1.29 is 23.8 Å². The van der Waals surface area contributed by atoms with Gasteiger partial charge in [0.1, 0.15) is 12.4 Å². The molecule has 0 saturated carbocycles. The van der Waals surface area contributed by atoms with E-state index in [2.05, 4.69) is 0 Å². The summed E-state index contributed by atoms with van der Waals surface area (Å²) in [6.45, 7) is 5.06. The predicted molar refractivity (Wildman–Crippen MR) is 73.2 cm³/mol. The number of carboxylic acids is 1. The lowest BCUT2D eigenvalue weighted by Crippen LogP contribution is -2.54. The Morgan fingerprint density at radius 3 is 2.67 bits per heavy atom. The standard InChI is InChI=1S/C15H18FNO4/c1-8(2)17-12(18)7-21-14(15(19)20)13(17)11-5-4-10(16)6-9(11)3/h4-6,8,13-14H,7H2,1-3H3,(H,19,20). The first-order chi connectivity index (χ1) is 9.82. The number of morpholine rings is 1. The van der Waals surface area contributed by atoms with E-state index in [0.717, 1.165) is 0 Å². The van der Waals surface area contributed by atoms with Crippen LogP contribution in [0.15, 0.2) is 18.2 Å². The molecule has 1 amide bonds. The highest BCUT2D eigenvalue weighted by Crippen LogP contribution is 2.34. The van der Waals surface area contributed by atoms with Crippen LogP contribution in [0.2, 0.25) is 0 Å². The molecule has 2 atom stereocenters. The third-order valence-electron chi connectivity index (χ3n) is 3.61. The fraction of sp³-hybridized carbons (Fsp3) is 0.467. The number of carbonyl (C=O) groups is 2. The van der Waals surface area contributed by atoms with Crippen molar-refractivity contribution in [3.63, 3.8) is 0 Å². The Morgan fingerprint density at radius 1 is 1.48 bits per heavy atom. The first-order valence-electron chi connectivity index (χ1n) is 6.74. The van der Waals surface area contributed by atoms with Gasteiger partial charge in [-0.15, -0.1) is 0 Å². The minimum Gasteiger partial charge on any atom is -0.479 e. The molecule has 1 aliphatic rings. The van der Waals surface area contributed by atoms with Gasteiger partial charge in [-0.1, -0.05) is 6.07 Å². The van der Waals surface area contributed by atoms with E-state index in [4.69, 9.17) is 4.74 Å². The van der Waals surface area contributed by atoms with E-state index in [0.29, 0.717) is 11.1 Å². The molecule has 1 fully saturated rings. The molecular weight excluding hydrogens is 277 g/mol. The van der Waals surface area contributed by atoms with E-state index in [1.165, 1.54) is 23.1 Å². The maximum absolute atomic E-state index is 13.3. The summed E-state index contributed by atoms with van der Waals surface area (Å²) in [4.78, 5) is 25.1. The summed E-state index contributed by atoms with van der Waals surface area (Å²) in [7, 11) is 0. The molecule has 114 valence electrons. The number of carboxylic acid groups (broad SMARTS) is 1. The van der Waals surface area contributed by atoms with Gasteiger partial charge in [0.05, 0.1) is 6.04 Å². The van der Waals surface area contributed by atoms with Gasteiger partial charge >= 0.3 is 5.97 Å². The SMILES string of the molecule is Cc1cc(F)ccc1C1C(C(=O)O)OCC(=O)N1C(C)C. The monoisotopic (exact) mass is 295 g/mol. The lowest BCUT2D eigenvalue weighted by atomic mass is 9.93. The third-order valence-corrected chi connectivity index (χ3v) is 3.61. The van der Waals surface area contributed by atoms with Gasteiger partial charge in [0, 0.05) is 6.04 Å². The molecule has 0 aromatic heterocycles. The molecule has 1 heterocycles. The molecule has 5 nitrogen and oxygen atoms in total. The van der Waals surface area contributed by atoms with Crippen molar-refractivity contribution in [1.82, 2.24) is 4.90 Å². The van der Waals surface area contributed by atoms with Gasteiger partial charge in [-0.2, -0.15) is 0 Å². The molecule has 1 aromatic rings. The van der Waals surface area contributed by atoms with E-state index < -0.39 is 23.9 Å². The second kappa shape index (κ2) is 5.81. The number of amides is 1. The number of halogens is 1. The minimum atomic E-state index is -1.16. The second-order valence-electron chi connectivity index (χ2n) is 5.41. The van der Waals surface area contributed by atoms with Crippen LogP contribution in [0.25, 0.3) is 0 Å². The van der Waals surface area contributed by atoms with Crippen molar-refractivity contribution in [2.75, 3.05) is 6.61 Å². The van der Waals surface area contributed by atoms with Crippen LogP contribution in [0.4, 0.5) is 4.39 Å². The average Bonchev–Trinajstić information content (AvgIpc) is 2.37. The van der Waals surface area contributed by atoms with Gasteiger partial charge in [0.25, 0.3) is 0 Å². The van der Waals surface area contributed by atoms with Crippen LogP contribution in [0.5, 0.6) is 0 Å². The summed E-state index contributed by atoms with van der Waals surface area (Å²) in [5.41, 5.74) is 1.18. The molecule has 0 spiro atoms. The highest BCUT2D eigenvalue weighted by molar-refractivity contribution is 5.83. The Bertz CT molecular complexity index is 573. The first-order valence-corrected chi connectivity index (χ1v) is 6.74. The Morgan fingerprint density at radius 2 is 2.14 bits per heavy atom. The van der Waals surface area contributed by atoms with Gasteiger partial charge in [0.2, 0.25) is 5.91 Å². The van der Waals surface area contributed by atoms with Crippen molar-refractivity contribution in [3.05, 3.63) is 35.1 Å². The van der Waals surface area contributed by atoms with Crippen molar-refractivity contribution >= 4 is 11.9 Å². The van der Waals surface area contributed by atoms with E-state index in [1.54, 1.807) is 6.92 Å². The highest BCUT2D eigenvalue weighted by atomic mass is 19.1. The average molecular weight is 295 g/mol. The van der Waals surface area contributed by atoms with Gasteiger partial charge in [-0.05, 0) is 44.0 Å². The number of nitrogens with zero attached hydrogens (tertiary/aromatic N) is 1. The van der Waals surface area contributed by atoms with E-state index in [9.17, 15) is 19.1 Å². The lowest BCUT2D eigenvalue weighted by molar-refractivity contribution is -0.175. The molecule has 0 radical (unpaired) electrons. The highest BCUT2D eigenvalue weighted by Gasteiger charge is 2.43. The molecule has 1 aliphatic heterocycles. The van der Waals surface area contributed by atoms with Gasteiger partial charge in [-0.25, -0.2) is 9.18 Å². The fourth-order valence-corrected chi connectivity index (χ4v) is 2.73. The minimum absolute atomic E-state index is 0.183. The molecule has 6 heteroatoms. The molecule has 1 N–H and O–H groups in total. The fourth-order valence-electron chi connectivity index (χ4n) is 2.73. The van der Waals surface area contributed by atoms with Crippen LogP contribution in [0.3, 0.4) is 0 Å². The number of benzene rings is 1. The second-order valence-corrected chi connectivity index (χ2v) is 5.41. The molecule has 2 rings (SSSR count). The van der Waals surface area contributed by atoms with Crippen molar-refractivity contribution in [3.8, 4) is 0 Å². The number of ether oxygens (including phenoxy) is 1. The lowest BCUT2D eigenvalue weighted by Gasteiger charge is -2.42. The van der Waals surface area contributed by atoms with Crippen molar-refractivity contribution in [2.45, 2.75) is 39.0 Å². The maximum atomic E-state index is 13.3. The van der Waals surface area contributed by atoms with E-state index in [1.807, 2.05) is 13.8 Å². The number of aryl methyl sites for hydroxylation is 1. The molecule has 2 unspecified atom stereocenters. The summed E-state index contributed by atoms with van der Waals surface area (Å²) >= 11 is 0. The summed E-state index contributed by atoms with van der Waals surface area (Å²) in [5, 5.41) is 9.36. The zero-order chi connectivity index (χ0) is 15.7. The number of carbonyl (C=O) groups excluding carboxylic acids is 1. The summed E-state index contributed by atoms with van der Waals surface area (Å²) in [6.07, 6.45) is -1.16. The van der Waals surface area contributed by atoms with Crippen LogP contribution in [-0.4, -0.2) is 40.6 Å². The number of aliphatic carboxylic acids is 1. The third kappa shape index (κ3) is 2.90. The zero-order valence-electron chi connectivity index (χ0n) is 12.2. The molecule has 0 bridgehead atoms. The van der Waals surface area contributed by atoms with E-state index in [-0.39, 0.29) is 18.6 Å². The molecular formula is C15H18FNO4. The van der Waals surface area contributed by atoms with E-state index >= 15 is 0 Å². The van der Waals surface area contributed by atoms with Crippen LogP contribution in [0.1, 0.15) is 31.0 Å². The summed E-state index contributed by atoms with van der Waals surface area (Å²) in [5.74, 6) is -1.81. The van der Waals surface area contributed by atoms with Gasteiger partial charge in [-0.3, -0.25) is 4.79 Å². The zero-order valence-corrected chi connectivity index (χ0v) is 12.2. The van der Waals surface area contributed by atoms with Gasteiger partial charge in [0.15, 0.2) is 6.10 Å². The molecule has 1 saturated heterocycles. The van der Waals surface area contributed by atoms with Crippen molar-refractivity contribution in [2.24, 2.45) is 0 Å². The van der Waals surface area contributed by atoms with Crippen molar-refractivity contribution in [1.29, 1.82) is 0 Å². The molecule has 0 aliphatic carbocycles. The Labute approximate surface area is 122 Å². The first kappa shape index (κ1) is 15.4. The van der Waals surface area contributed by atoms with Crippen LogP contribution >= 0.6 is 0 Å². The Balaban J connectivity index is 2.54.